The molecule has 0 radical (unpaired) electrons. The summed E-state index contributed by atoms with van der Waals surface area (Å²) in [6.45, 7) is 0.624. The number of benzene rings is 1. The zero-order valence-electron chi connectivity index (χ0n) is 10.3. The summed E-state index contributed by atoms with van der Waals surface area (Å²) in [5.41, 5.74) is 7.87. The summed E-state index contributed by atoms with van der Waals surface area (Å²) in [4.78, 5) is 5.66. The molecule has 0 spiro atoms. The number of nitrogens with zero attached hydrogens (tertiary/aromatic N) is 2. The third-order valence-electron chi connectivity index (χ3n) is 2.91. The van der Waals surface area contributed by atoms with E-state index in [4.69, 9.17) is 5.73 Å². The van der Waals surface area contributed by atoms with Crippen molar-refractivity contribution in [3.63, 3.8) is 0 Å². The molecule has 19 heavy (non-hydrogen) atoms. The number of aromatic nitrogens is 3. The lowest BCUT2D eigenvalue weighted by Gasteiger charge is -2.04. The number of rotatable bonds is 4. The van der Waals surface area contributed by atoms with Gasteiger partial charge in [-0.1, -0.05) is 30.3 Å². The Morgan fingerprint density at radius 3 is 2.84 bits per heavy atom. The predicted molar refractivity (Wildman–Crippen MR) is 77.9 cm³/mol. The molecule has 0 unspecified atom stereocenters. The minimum absolute atomic E-state index is 0.624. The van der Waals surface area contributed by atoms with E-state index in [9.17, 15) is 0 Å². The van der Waals surface area contributed by atoms with Crippen LogP contribution in [0.2, 0.25) is 0 Å². The van der Waals surface area contributed by atoms with Gasteiger partial charge in [0.1, 0.15) is 0 Å². The van der Waals surface area contributed by atoms with Crippen molar-refractivity contribution in [1.82, 2.24) is 15.2 Å². The molecule has 0 amide bonds. The Kier molecular flexibility index (Phi) is 3.39. The molecule has 0 aliphatic carbocycles. The molecule has 96 valence electrons. The second kappa shape index (κ2) is 5.34. The van der Waals surface area contributed by atoms with E-state index in [1.165, 1.54) is 5.56 Å². The van der Waals surface area contributed by atoms with Crippen LogP contribution in [-0.4, -0.2) is 21.7 Å². The van der Waals surface area contributed by atoms with E-state index in [1.807, 2.05) is 35.7 Å². The van der Waals surface area contributed by atoms with Gasteiger partial charge in [-0.2, -0.15) is 5.10 Å². The van der Waals surface area contributed by atoms with Crippen molar-refractivity contribution >= 4 is 11.3 Å². The lowest BCUT2D eigenvalue weighted by atomic mass is 10.0. The number of nitrogens with two attached hydrogens (primary N) is 1. The van der Waals surface area contributed by atoms with Crippen molar-refractivity contribution in [1.29, 1.82) is 0 Å². The Labute approximate surface area is 115 Å². The van der Waals surface area contributed by atoms with E-state index < -0.39 is 0 Å². The summed E-state index contributed by atoms with van der Waals surface area (Å²) in [5.74, 6) is 1.54. The van der Waals surface area contributed by atoms with Gasteiger partial charge in [-0.3, -0.25) is 5.10 Å². The standard InChI is InChI=1S/C14H14N4S/c15-8-7-10-4-1-2-5-11(10)13-16-14(18-17-13)12-6-3-9-19-12/h1-6,9H,7-8,15H2,(H,16,17,18). The Bertz CT molecular complexity index is 658. The number of aromatic amines is 1. The molecule has 0 saturated heterocycles. The average Bonchev–Trinajstić information content (AvgIpc) is 3.11. The quantitative estimate of drug-likeness (QED) is 0.766. The molecule has 5 heteroatoms. The Morgan fingerprint density at radius 1 is 1.16 bits per heavy atom. The van der Waals surface area contributed by atoms with Crippen LogP contribution in [0, 0.1) is 0 Å². The molecule has 0 atom stereocenters. The van der Waals surface area contributed by atoms with Crippen molar-refractivity contribution in [3.05, 3.63) is 47.3 Å². The molecule has 2 aromatic heterocycles. The van der Waals surface area contributed by atoms with Gasteiger partial charge >= 0.3 is 0 Å². The van der Waals surface area contributed by atoms with Crippen molar-refractivity contribution in [2.24, 2.45) is 5.73 Å². The summed E-state index contributed by atoms with van der Waals surface area (Å²) in [6.07, 6.45) is 0.832. The van der Waals surface area contributed by atoms with E-state index in [1.54, 1.807) is 11.3 Å². The maximum atomic E-state index is 5.64. The molecule has 3 aromatic rings. The van der Waals surface area contributed by atoms with E-state index in [0.717, 1.165) is 28.5 Å². The molecule has 0 fully saturated rings. The first kappa shape index (κ1) is 12.1. The van der Waals surface area contributed by atoms with Crippen LogP contribution in [0.15, 0.2) is 41.8 Å². The second-order valence-corrected chi connectivity index (χ2v) is 5.13. The smallest absolute Gasteiger partial charge is 0.181 e. The Morgan fingerprint density at radius 2 is 2.05 bits per heavy atom. The first-order chi connectivity index (χ1) is 9.38. The number of hydrogen-bond acceptors (Lipinski definition) is 4. The zero-order valence-corrected chi connectivity index (χ0v) is 11.2. The molecule has 2 heterocycles. The maximum absolute atomic E-state index is 5.64. The van der Waals surface area contributed by atoms with Gasteiger partial charge in [0.05, 0.1) is 4.88 Å². The van der Waals surface area contributed by atoms with Crippen LogP contribution in [-0.2, 0) is 6.42 Å². The fourth-order valence-corrected chi connectivity index (χ4v) is 2.68. The monoisotopic (exact) mass is 270 g/mol. The molecule has 4 nitrogen and oxygen atoms in total. The van der Waals surface area contributed by atoms with E-state index in [0.29, 0.717) is 6.54 Å². The van der Waals surface area contributed by atoms with Gasteiger partial charge in [0, 0.05) is 5.56 Å². The van der Waals surface area contributed by atoms with Gasteiger partial charge in [0.15, 0.2) is 11.6 Å². The van der Waals surface area contributed by atoms with Crippen LogP contribution in [0.5, 0.6) is 0 Å². The number of hydrogen-bond donors (Lipinski definition) is 2. The highest BCUT2D eigenvalue weighted by molar-refractivity contribution is 7.13. The third-order valence-corrected chi connectivity index (χ3v) is 3.79. The fourth-order valence-electron chi connectivity index (χ4n) is 2.02. The summed E-state index contributed by atoms with van der Waals surface area (Å²) in [5, 5.41) is 9.34. The van der Waals surface area contributed by atoms with Gasteiger partial charge in [-0.05, 0) is 30.0 Å². The van der Waals surface area contributed by atoms with Crippen molar-refractivity contribution in [2.75, 3.05) is 6.54 Å². The van der Waals surface area contributed by atoms with Crippen LogP contribution in [0.25, 0.3) is 22.1 Å². The highest BCUT2D eigenvalue weighted by Gasteiger charge is 2.11. The van der Waals surface area contributed by atoms with Crippen LogP contribution in [0.3, 0.4) is 0 Å². The zero-order chi connectivity index (χ0) is 13.1. The summed E-state index contributed by atoms with van der Waals surface area (Å²) in [6, 6.07) is 12.2. The highest BCUT2D eigenvalue weighted by Crippen LogP contribution is 2.25. The molecule has 1 aromatic carbocycles. The van der Waals surface area contributed by atoms with E-state index in [2.05, 4.69) is 21.2 Å². The molecule has 0 saturated carbocycles. The normalized spacial score (nSPS) is 10.8. The lowest BCUT2D eigenvalue weighted by Crippen LogP contribution is -2.04. The van der Waals surface area contributed by atoms with Crippen LogP contribution in [0.1, 0.15) is 5.56 Å². The first-order valence-corrected chi connectivity index (χ1v) is 7.01. The van der Waals surface area contributed by atoms with E-state index >= 15 is 0 Å². The van der Waals surface area contributed by atoms with Gasteiger partial charge < -0.3 is 5.73 Å². The maximum Gasteiger partial charge on any atom is 0.181 e. The highest BCUT2D eigenvalue weighted by atomic mass is 32.1. The Balaban J connectivity index is 1.99. The lowest BCUT2D eigenvalue weighted by molar-refractivity contribution is 0.966. The minimum atomic E-state index is 0.624. The SMILES string of the molecule is NCCc1ccccc1-c1n[nH]c(-c2cccs2)n1. The first-order valence-electron chi connectivity index (χ1n) is 6.13. The molecule has 0 aliphatic heterocycles. The third kappa shape index (κ3) is 2.43. The molecule has 0 bridgehead atoms. The van der Waals surface area contributed by atoms with Gasteiger partial charge in [0.2, 0.25) is 0 Å². The second-order valence-electron chi connectivity index (χ2n) is 4.18. The largest absolute Gasteiger partial charge is 0.330 e. The van der Waals surface area contributed by atoms with Crippen LogP contribution >= 0.6 is 11.3 Å². The van der Waals surface area contributed by atoms with Gasteiger partial charge in [0.25, 0.3) is 0 Å². The summed E-state index contributed by atoms with van der Waals surface area (Å²) < 4.78 is 0. The van der Waals surface area contributed by atoms with Crippen molar-refractivity contribution in [3.8, 4) is 22.1 Å². The Hall–Kier alpha value is -1.98. The molecule has 3 N–H and O–H groups in total. The number of nitrogens with one attached hydrogen (secondary N) is 1. The predicted octanol–water partition coefficient (Wildman–Crippen LogP) is 2.70. The minimum Gasteiger partial charge on any atom is -0.330 e. The fraction of sp³-hybridized carbons (Fsp3) is 0.143. The number of H-pyrrole nitrogens is 1. The van der Waals surface area contributed by atoms with Gasteiger partial charge in [-0.15, -0.1) is 11.3 Å². The summed E-state index contributed by atoms with van der Waals surface area (Å²) in [7, 11) is 0. The topological polar surface area (TPSA) is 67.6 Å². The van der Waals surface area contributed by atoms with Gasteiger partial charge in [-0.25, -0.2) is 4.98 Å². The number of thiophene rings is 1. The van der Waals surface area contributed by atoms with Crippen molar-refractivity contribution < 1.29 is 0 Å². The van der Waals surface area contributed by atoms with E-state index in [-0.39, 0.29) is 0 Å². The average molecular weight is 270 g/mol. The van der Waals surface area contributed by atoms with Crippen molar-refractivity contribution in [2.45, 2.75) is 6.42 Å². The van der Waals surface area contributed by atoms with Crippen LogP contribution in [0.4, 0.5) is 0 Å². The molecule has 0 aliphatic rings. The summed E-state index contributed by atoms with van der Waals surface area (Å²) >= 11 is 1.65. The molecule has 3 rings (SSSR count). The molecular weight excluding hydrogens is 256 g/mol. The molecular formula is C14H14N4S. The van der Waals surface area contributed by atoms with Crippen LogP contribution < -0.4 is 5.73 Å².